The smallest absolute Gasteiger partial charge is 0.246 e. The molecule has 0 aromatic carbocycles. The Morgan fingerprint density at radius 3 is 2.88 bits per heavy atom. The summed E-state index contributed by atoms with van der Waals surface area (Å²) >= 11 is 0. The monoisotopic (exact) mass is 230 g/mol. The van der Waals surface area contributed by atoms with Gasteiger partial charge in [0.05, 0.1) is 18.3 Å². The van der Waals surface area contributed by atoms with Crippen LogP contribution in [0, 0.1) is 0 Å². The van der Waals surface area contributed by atoms with Crippen molar-refractivity contribution >= 4 is 5.91 Å². The third-order valence-electron chi connectivity index (χ3n) is 2.17. The van der Waals surface area contributed by atoms with Crippen LogP contribution in [0.15, 0.2) is 0 Å². The molecule has 94 valence electrons. The lowest BCUT2D eigenvalue weighted by Crippen LogP contribution is -2.46. The highest BCUT2D eigenvalue weighted by Crippen LogP contribution is 2.05. The second-order valence-corrected chi connectivity index (χ2v) is 4.90. The van der Waals surface area contributed by atoms with Gasteiger partial charge in [0.2, 0.25) is 5.91 Å². The summed E-state index contributed by atoms with van der Waals surface area (Å²) in [6, 6.07) is 0. The molecule has 1 aliphatic heterocycles. The van der Waals surface area contributed by atoms with E-state index in [-0.39, 0.29) is 24.2 Å². The lowest BCUT2D eigenvalue weighted by Gasteiger charge is -2.24. The maximum absolute atomic E-state index is 11.4. The van der Waals surface area contributed by atoms with Crippen molar-refractivity contribution in [2.45, 2.75) is 32.5 Å². The first kappa shape index (κ1) is 13.4. The second-order valence-electron chi connectivity index (χ2n) is 4.90. The third-order valence-corrected chi connectivity index (χ3v) is 2.17. The van der Waals surface area contributed by atoms with E-state index in [1.807, 2.05) is 20.8 Å². The van der Waals surface area contributed by atoms with Gasteiger partial charge in [-0.15, -0.1) is 0 Å². The van der Waals surface area contributed by atoms with Gasteiger partial charge in [-0.05, 0) is 20.8 Å². The number of rotatable bonds is 4. The van der Waals surface area contributed by atoms with Crippen molar-refractivity contribution in [1.82, 2.24) is 10.6 Å². The predicted octanol–water partition coefficient (Wildman–Crippen LogP) is -0.0939. The molecule has 16 heavy (non-hydrogen) atoms. The summed E-state index contributed by atoms with van der Waals surface area (Å²) in [6.07, 6.45) is 0.0762. The van der Waals surface area contributed by atoms with E-state index in [1.54, 1.807) is 0 Å². The molecule has 5 nitrogen and oxygen atoms in total. The van der Waals surface area contributed by atoms with Crippen molar-refractivity contribution in [3.05, 3.63) is 0 Å². The van der Waals surface area contributed by atoms with E-state index in [1.165, 1.54) is 0 Å². The molecule has 1 atom stereocenters. The summed E-state index contributed by atoms with van der Waals surface area (Å²) in [5.74, 6) is -0.0934. The van der Waals surface area contributed by atoms with Gasteiger partial charge in [0, 0.05) is 19.6 Å². The minimum Gasteiger partial charge on any atom is -0.374 e. The van der Waals surface area contributed by atoms with Gasteiger partial charge in [-0.1, -0.05) is 0 Å². The third kappa shape index (κ3) is 6.05. The Balaban J connectivity index is 2.09. The normalized spacial score (nSPS) is 21.8. The SMILES string of the molecule is CC(C)(C)OCC(=O)NCC1CNCCO1. The highest BCUT2D eigenvalue weighted by atomic mass is 16.5. The molecule has 1 aliphatic rings. The van der Waals surface area contributed by atoms with Crippen LogP contribution in [0.4, 0.5) is 0 Å². The molecule has 1 fully saturated rings. The topological polar surface area (TPSA) is 59.6 Å². The maximum Gasteiger partial charge on any atom is 0.246 e. The van der Waals surface area contributed by atoms with Gasteiger partial charge in [-0.25, -0.2) is 0 Å². The fourth-order valence-corrected chi connectivity index (χ4v) is 1.31. The molecule has 0 spiro atoms. The van der Waals surface area contributed by atoms with Crippen LogP contribution in [0.2, 0.25) is 0 Å². The zero-order chi connectivity index (χ0) is 12.0. The molecule has 0 bridgehead atoms. The minimum absolute atomic E-state index is 0.0762. The molecule has 0 radical (unpaired) electrons. The van der Waals surface area contributed by atoms with Crippen LogP contribution in [-0.4, -0.2) is 50.5 Å². The van der Waals surface area contributed by atoms with Gasteiger partial charge in [0.15, 0.2) is 0 Å². The molecule has 0 aliphatic carbocycles. The lowest BCUT2D eigenvalue weighted by molar-refractivity contribution is -0.131. The Bertz CT molecular complexity index is 220. The van der Waals surface area contributed by atoms with Crippen LogP contribution >= 0.6 is 0 Å². The molecule has 1 saturated heterocycles. The van der Waals surface area contributed by atoms with Crippen LogP contribution < -0.4 is 10.6 Å². The summed E-state index contributed by atoms with van der Waals surface area (Å²) in [5, 5.41) is 6.00. The van der Waals surface area contributed by atoms with Gasteiger partial charge < -0.3 is 20.1 Å². The average Bonchev–Trinajstić information content (AvgIpc) is 2.24. The zero-order valence-corrected chi connectivity index (χ0v) is 10.3. The van der Waals surface area contributed by atoms with Gasteiger partial charge in [0.25, 0.3) is 0 Å². The van der Waals surface area contributed by atoms with Crippen molar-refractivity contribution in [2.75, 3.05) is 32.8 Å². The molecule has 0 saturated carbocycles. The molecule has 1 amide bonds. The van der Waals surface area contributed by atoms with E-state index in [9.17, 15) is 4.79 Å². The molecule has 5 heteroatoms. The van der Waals surface area contributed by atoms with Crippen molar-refractivity contribution in [1.29, 1.82) is 0 Å². The van der Waals surface area contributed by atoms with Gasteiger partial charge in [-0.2, -0.15) is 0 Å². The second kappa shape index (κ2) is 6.18. The molecule has 1 rings (SSSR count). The maximum atomic E-state index is 11.4. The number of carbonyl (C=O) groups is 1. The van der Waals surface area contributed by atoms with Crippen LogP contribution in [-0.2, 0) is 14.3 Å². The van der Waals surface area contributed by atoms with Crippen molar-refractivity contribution in [2.24, 2.45) is 0 Å². The zero-order valence-electron chi connectivity index (χ0n) is 10.3. The molecule has 0 aromatic heterocycles. The van der Waals surface area contributed by atoms with Crippen molar-refractivity contribution < 1.29 is 14.3 Å². The fourth-order valence-electron chi connectivity index (χ4n) is 1.31. The number of morpholine rings is 1. The van der Waals surface area contributed by atoms with E-state index in [2.05, 4.69) is 10.6 Å². The number of amides is 1. The summed E-state index contributed by atoms with van der Waals surface area (Å²) < 4.78 is 10.8. The van der Waals surface area contributed by atoms with E-state index in [0.29, 0.717) is 13.2 Å². The number of ether oxygens (including phenoxy) is 2. The standard InChI is InChI=1S/C11H22N2O3/c1-11(2,3)16-8-10(14)13-7-9-6-12-4-5-15-9/h9,12H,4-8H2,1-3H3,(H,13,14). The Kier molecular flexibility index (Phi) is 5.18. The summed E-state index contributed by atoms with van der Waals surface area (Å²) in [7, 11) is 0. The van der Waals surface area contributed by atoms with E-state index < -0.39 is 0 Å². The van der Waals surface area contributed by atoms with Crippen LogP contribution in [0.5, 0.6) is 0 Å². The molecule has 1 unspecified atom stereocenters. The Morgan fingerprint density at radius 1 is 1.56 bits per heavy atom. The summed E-state index contributed by atoms with van der Waals surface area (Å²) in [6.45, 7) is 8.80. The number of nitrogens with one attached hydrogen (secondary N) is 2. The highest BCUT2D eigenvalue weighted by Gasteiger charge is 2.16. The highest BCUT2D eigenvalue weighted by molar-refractivity contribution is 5.77. The Morgan fingerprint density at radius 2 is 2.31 bits per heavy atom. The average molecular weight is 230 g/mol. The first-order valence-electron chi connectivity index (χ1n) is 5.70. The van der Waals surface area contributed by atoms with E-state index >= 15 is 0 Å². The number of carbonyl (C=O) groups excluding carboxylic acids is 1. The summed E-state index contributed by atoms with van der Waals surface area (Å²) in [4.78, 5) is 11.4. The molecule has 2 N–H and O–H groups in total. The van der Waals surface area contributed by atoms with Crippen molar-refractivity contribution in [3.8, 4) is 0 Å². The van der Waals surface area contributed by atoms with Gasteiger partial charge in [-0.3, -0.25) is 4.79 Å². The first-order chi connectivity index (χ1) is 7.47. The first-order valence-corrected chi connectivity index (χ1v) is 5.70. The molecule has 0 aromatic rings. The largest absolute Gasteiger partial charge is 0.374 e. The quantitative estimate of drug-likeness (QED) is 0.708. The number of hydrogen-bond donors (Lipinski definition) is 2. The molecule has 1 heterocycles. The lowest BCUT2D eigenvalue weighted by atomic mass is 10.2. The van der Waals surface area contributed by atoms with Gasteiger partial charge in [0.1, 0.15) is 6.61 Å². The van der Waals surface area contributed by atoms with Gasteiger partial charge >= 0.3 is 0 Å². The fraction of sp³-hybridized carbons (Fsp3) is 0.909. The van der Waals surface area contributed by atoms with Crippen molar-refractivity contribution in [3.63, 3.8) is 0 Å². The summed E-state index contributed by atoms with van der Waals surface area (Å²) in [5.41, 5.74) is -0.278. The number of hydrogen-bond acceptors (Lipinski definition) is 4. The van der Waals surface area contributed by atoms with E-state index in [0.717, 1.165) is 13.1 Å². The molecular weight excluding hydrogens is 208 g/mol. The Hall–Kier alpha value is -0.650. The minimum atomic E-state index is -0.278. The predicted molar refractivity (Wildman–Crippen MR) is 61.3 cm³/mol. The van der Waals surface area contributed by atoms with Crippen LogP contribution in [0.1, 0.15) is 20.8 Å². The van der Waals surface area contributed by atoms with E-state index in [4.69, 9.17) is 9.47 Å². The van der Waals surface area contributed by atoms with Crippen LogP contribution in [0.25, 0.3) is 0 Å². The Labute approximate surface area is 96.9 Å². The van der Waals surface area contributed by atoms with Crippen LogP contribution in [0.3, 0.4) is 0 Å². The molecular formula is C11H22N2O3.